The van der Waals surface area contributed by atoms with Crippen molar-refractivity contribution in [3.8, 4) is 0 Å². The monoisotopic (exact) mass is 289 g/mol. The van der Waals surface area contributed by atoms with E-state index in [9.17, 15) is 0 Å². The van der Waals surface area contributed by atoms with Gasteiger partial charge in [0.05, 0.1) is 5.70 Å². The summed E-state index contributed by atoms with van der Waals surface area (Å²) in [6, 6.07) is 0. The molecule has 2 aliphatic heterocycles. The normalized spacial score (nSPS) is 19.2. The van der Waals surface area contributed by atoms with Crippen LogP contribution in [0.15, 0.2) is 46.8 Å². The molecule has 64 valence electrons. The summed E-state index contributed by atoms with van der Waals surface area (Å²) in [6.45, 7) is 0.977. The van der Waals surface area contributed by atoms with Gasteiger partial charge in [-0.15, -0.1) is 17.0 Å². The maximum atomic E-state index is 3.50. The van der Waals surface area contributed by atoms with E-state index >= 15 is 0 Å². The van der Waals surface area contributed by atoms with Crippen molar-refractivity contribution in [1.82, 2.24) is 4.90 Å². The zero-order chi connectivity index (χ0) is 7.68. The molecule has 0 radical (unpaired) electrons. The van der Waals surface area contributed by atoms with Gasteiger partial charge >= 0.3 is 0 Å². The lowest BCUT2D eigenvalue weighted by Crippen LogP contribution is -2.19. The highest BCUT2D eigenvalue weighted by Gasteiger charge is 2.11. The molecule has 0 aliphatic carbocycles. The van der Waals surface area contributed by atoms with Gasteiger partial charge < -0.3 is 4.90 Å². The first-order valence-corrected chi connectivity index (χ1v) is 4.35. The minimum atomic E-state index is 0. The summed E-state index contributed by atoms with van der Waals surface area (Å²) in [5, 5.41) is 0. The lowest BCUT2D eigenvalue weighted by molar-refractivity contribution is 0.522. The molecule has 0 N–H and O–H groups in total. The molecule has 0 bridgehead atoms. The summed E-state index contributed by atoms with van der Waals surface area (Å²) < 4.78 is 1.16. The first-order valence-electron chi connectivity index (χ1n) is 3.56. The fraction of sp³-hybridized carbons (Fsp3) is 0.111. The van der Waals surface area contributed by atoms with Crippen LogP contribution < -0.4 is 0 Å². The third-order valence-electron chi connectivity index (χ3n) is 1.75. The van der Waals surface area contributed by atoms with Crippen LogP contribution in [0.25, 0.3) is 0 Å². The standard InChI is InChI=1S/C9H8BrN.BrH/c10-8-4-3-7-11-6-2-1-5-9(8)11;/h1-6H,7H2;1H. The lowest BCUT2D eigenvalue weighted by Gasteiger charge is -2.25. The van der Waals surface area contributed by atoms with Gasteiger partial charge in [0, 0.05) is 17.2 Å². The maximum Gasteiger partial charge on any atom is 0.0553 e. The Labute approximate surface area is 91.0 Å². The Kier molecular flexibility index (Phi) is 3.35. The van der Waals surface area contributed by atoms with Gasteiger partial charge in [0.1, 0.15) is 0 Å². The van der Waals surface area contributed by atoms with Crippen molar-refractivity contribution >= 4 is 32.9 Å². The van der Waals surface area contributed by atoms with Crippen molar-refractivity contribution in [2.24, 2.45) is 0 Å². The Hall–Kier alpha value is -0.280. The molecular weight excluding hydrogens is 282 g/mol. The van der Waals surface area contributed by atoms with Gasteiger partial charge in [0.2, 0.25) is 0 Å². The quantitative estimate of drug-likeness (QED) is 0.663. The zero-order valence-corrected chi connectivity index (χ0v) is 9.70. The predicted molar refractivity (Wildman–Crippen MR) is 60.4 cm³/mol. The van der Waals surface area contributed by atoms with E-state index in [1.54, 1.807) is 0 Å². The van der Waals surface area contributed by atoms with Gasteiger partial charge in [-0.1, -0.05) is 12.2 Å². The molecule has 3 heteroatoms. The second-order valence-electron chi connectivity index (χ2n) is 2.49. The zero-order valence-electron chi connectivity index (χ0n) is 6.40. The SMILES string of the molecule is Br.BrC1=C2C=CC=CN2CC=C1. The lowest BCUT2D eigenvalue weighted by atomic mass is 10.2. The van der Waals surface area contributed by atoms with Crippen LogP contribution in [0.5, 0.6) is 0 Å². The van der Waals surface area contributed by atoms with E-state index < -0.39 is 0 Å². The van der Waals surface area contributed by atoms with Crippen LogP contribution in [-0.4, -0.2) is 11.4 Å². The summed E-state index contributed by atoms with van der Waals surface area (Å²) in [4.78, 5) is 2.20. The van der Waals surface area contributed by atoms with Crippen LogP contribution in [0.1, 0.15) is 0 Å². The number of rotatable bonds is 0. The topological polar surface area (TPSA) is 3.24 Å². The number of fused-ring (bicyclic) bond motifs is 1. The predicted octanol–water partition coefficient (Wildman–Crippen LogP) is 3.13. The van der Waals surface area contributed by atoms with E-state index in [0.717, 1.165) is 11.0 Å². The minimum Gasteiger partial charge on any atom is -0.343 e. The molecular formula is C9H9Br2N. The molecule has 2 rings (SSSR count). The van der Waals surface area contributed by atoms with Crippen molar-refractivity contribution in [3.63, 3.8) is 0 Å². The maximum absolute atomic E-state index is 3.50. The van der Waals surface area contributed by atoms with Crippen molar-refractivity contribution < 1.29 is 0 Å². The molecule has 0 fully saturated rings. The Balaban J connectivity index is 0.000000720. The number of hydrogen-bond donors (Lipinski definition) is 0. The van der Waals surface area contributed by atoms with Crippen molar-refractivity contribution in [2.45, 2.75) is 0 Å². The van der Waals surface area contributed by atoms with Crippen LogP contribution >= 0.6 is 32.9 Å². The molecule has 0 unspecified atom stereocenters. The highest BCUT2D eigenvalue weighted by Crippen LogP contribution is 2.24. The number of allylic oxidation sites excluding steroid dienone is 5. The van der Waals surface area contributed by atoms with Crippen molar-refractivity contribution in [2.75, 3.05) is 6.54 Å². The van der Waals surface area contributed by atoms with E-state index in [4.69, 9.17) is 0 Å². The molecule has 0 aromatic carbocycles. The van der Waals surface area contributed by atoms with E-state index in [1.807, 2.05) is 12.2 Å². The summed E-state index contributed by atoms with van der Waals surface area (Å²) in [6.07, 6.45) is 12.5. The highest BCUT2D eigenvalue weighted by molar-refractivity contribution is 9.11. The number of nitrogens with zero attached hydrogens (tertiary/aromatic N) is 1. The average molecular weight is 291 g/mol. The summed E-state index contributed by atoms with van der Waals surface area (Å²) in [5.41, 5.74) is 1.25. The highest BCUT2D eigenvalue weighted by atomic mass is 79.9. The van der Waals surface area contributed by atoms with Crippen LogP contribution in [-0.2, 0) is 0 Å². The molecule has 1 nitrogen and oxygen atoms in total. The van der Waals surface area contributed by atoms with Gasteiger partial charge in [-0.3, -0.25) is 0 Å². The van der Waals surface area contributed by atoms with E-state index in [2.05, 4.69) is 45.3 Å². The summed E-state index contributed by atoms with van der Waals surface area (Å²) >= 11 is 3.50. The Morgan fingerprint density at radius 1 is 1.25 bits per heavy atom. The van der Waals surface area contributed by atoms with Gasteiger partial charge in [-0.25, -0.2) is 0 Å². The summed E-state index contributed by atoms with van der Waals surface area (Å²) in [5.74, 6) is 0. The molecule has 2 heterocycles. The third-order valence-corrected chi connectivity index (χ3v) is 2.42. The smallest absolute Gasteiger partial charge is 0.0553 e. The van der Waals surface area contributed by atoms with E-state index in [-0.39, 0.29) is 17.0 Å². The average Bonchev–Trinajstić information content (AvgIpc) is 2.06. The van der Waals surface area contributed by atoms with Crippen LogP contribution in [0.2, 0.25) is 0 Å². The van der Waals surface area contributed by atoms with Crippen molar-refractivity contribution in [3.05, 3.63) is 46.8 Å². The second-order valence-corrected chi connectivity index (χ2v) is 3.34. The minimum absolute atomic E-state index is 0. The molecule has 2 aliphatic rings. The fourth-order valence-electron chi connectivity index (χ4n) is 1.21. The second kappa shape index (κ2) is 4.10. The number of hydrogen-bond acceptors (Lipinski definition) is 1. The molecule has 12 heavy (non-hydrogen) atoms. The van der Waals surface area contributed by atoms with Gasteiger partial charge in [-0.2, -0.15) is 0 Å². The molecule has 0 spiro atoms. The first-order chi connectivity index (χ1) is 5.38. The molecule has 0 saturated carbocycles. The molecule has 0 saturated heterocycles. The first kappa shape index (κ1) is 9.81. The Morgan fingerprint density at radius 3 is 2.83 bits per heavy atom. The van der Waals surface area contributed by atoms with Crippen LogP contribution in [0.3, 0.4) is 0 Å². The molecule has 0 aromatic heterocycles. The van der Waals surface area contributed by atoms with Crippen LogP contribution in [0, 0.1) is 0 Å². The Morgan fingerprint density at radius 2 is 2.08 bits per heavy atom. The molecule has 0 atom stereocenters. The van der Waals surface area contributed by atoms with Crippen molar-refractivity contribution in [1.29, 1.82) is 0 Å². The van der Waals surface area contributed by atoms with Gasteiger partial charge in [0.25, 0.3) is 0 Å². The van der Waals surface area contributed by atoms with Crippen LogP contribution in [0.4, 0.5) is 0 Å². The third kappa shape index (κ3) is 1.72. The van der Waals surface area contributed by atoms with E-state index in [1.165, 1.54) is 5.70 Å². The molecule has 0 amide bonds. The number of halogens is 2. The van der Waals surface area contributed by atoms with E-state index in [0.29, 0.717) is 0 Å². The van der Waals surface area contributed by atoms with Gasteiger partial charge in [-0.05, 0) is 34.2 Å². The van der Waals surface area contributed by atoms with Gasteiger partial charge in [0.15, 0.2) is 0 Å². The molecule has 0 aromatic rings. The summed E-state index contributed by atoms with van der Waals surface area (Å²) in [7, 11) is 0. The Bertz CT molecular complexity index is 287. The fourth-order valence-corrected chi connectivity index (χ4v) is 1.75. The largest absolute Gasteiger partial charge is 0.343 e.